The van der Waals surface area contributed by atoms with Gasteiger partial charge < -0.3 is 4.90 Å². The molecule has 1 aromatic heterocycles. The molecule has 132 valence electrons. The van der Waals surface area contributed by atoms with E-state index in [1.807, 2.05) is 0 Å². The Labute approximate surface area is 151 Å². The van der Waals surface area contributed by atoms with Crippen LogP contribution < -0.4 is 9.62 Å². The predicted molar refractivity (Wildman–Crippen MR) is 96.0 cm³/mol. The summed E-state index contributed by atoms with van der Waals surface area (Å²) in [6.45, 7) is 2.41. The van der Waals surface area contributed by atoms with Crippen LogP contribution >= 0.6 is 11.6 Å². The van der Waals surface area contributed by atoms with E-state index in [1.165, 1.54) is 6.07 Å². The maximum absolute atomic E-state index is 12.5. The number of pyridine rings is 1. The number of anilines is 1. The van der Waals surface area contributed by atoms with Crippen LogP contribution in [0.4, 0.5) is 5.69 Å². The molecule has 25 heavy (non-hydrogen) atoms. The number of carbonyl (C=O) groups is 1. The lowest BCUT2D eigenvalue weighted by Crippen LogP contribution is -2.26. The monoisotopic (exact) mass is 379 g/mol. The Morgan fingerprint density at radius 1 is 1.32 bits per heavy atom. The standard InChI is InChI=1S/C17H18ClN3O3S/c1-12-15(18)4-2-5-16(12)25(23,24)20-10-13-8-14(11-19-9-13)21-7-3-6-17(21)22/h2,4-5,8-9,11,20H,3,6-7,10H2,1H3. The molecule has 2 heterocycles. The van der Waals surface area contributed by atoms with Gasteiger partial charge in [0, 0.05) is 30.7 Å². The first kappa shape index (κ1) is 17.8. The molecule has 1 aliphatic heterocycles. The van der Waals surface area contributed by atoms with Gasteiger partial charge in [0.1, 0.15) is 0 Å². The highest BCUT2D eigenvalue weighted by molar-refractivity contribution is 7.89. The van der Waals surface area contributed by atoms with Gasteiger partial charge in [0.2, 0.25) is 15.9 Å². The van der Waals surface area contributed by atoms with Gasteiger partial charge in [-0.3, -0.25) is 9.78 Å². The number of rotatable bonds is 5. The lowest BCUT2D eigenvalue weighted by atomic mass is 10.2. The molecule has 0 saturated carbocycles. The van der Waals surface area contributed by atoms with Gasteiger partial charge in [0.05, 0.1) is 16.8 Å². The highest BCUT2D eigenvalue weighted by atomic mass is 35.5. The van der Waals surface area contributed by atoms with E-state index in [9.17, 15) is 13.2 Å². The lowest BCUT2D eigenvalue weighted by Gasteiger charge is -2.16. The van der Waals surface area contributed by atoms with Crippen LogP contribution in [0.3, 0.4) is 0 Å². The molecule has 0 spiro atoms. The molecule has 0 atom stereocenters. The third kappa shape index (κ3) is 3.84. The summed E-state index contributed by atoms with van der Waals surface area (Å²) >= 11 is 6.00. The van der Waals surface area contributed by atoms with Gasteiger partial charge in [-0.05, 0) is 42.7 Å². The van der Waals surface area contributed by atoms with Gasteiger partial charge in [-0.2, -0.15) is 0 Å². The van der Waals surface area contributed by atoms with Gasteiger partial charge in [0.15, 0.2) is 0 Å². The van der Waals surface area contributed by atoms with Crippen LogP contribution in [0.25, 0.3) is 0 Å². The minimum Gasteiger partial charge on any atom is -0.311 e. The fraction of sp³-hybridized carbons (Fsp3) is 0.294. The zero-order chi connectivity index (χ0) is 18.0. The number of nitrogens with one attached hydrogen (secondary N) is 1. The van der Waals surface area contributed by atoms with Crippen molar-refractivity contribution in [1.82, 2.24) is 9.71 Å². The summed E-state index contributed by atoms with van der Waals surface area (Å²) in [4.78, 5) is 17.8. The zero-order valence-corrected chi connectivity index (χ0v) is 15.3. The van der Waals surface area contributed by atoms with Gasteiger partial charge in [-0.25, -0.2) is 13.1 Å². The van der Waals surface area contributed by atoms with E-state index in [2.05, 4.69) is 9.71 Å². The molecular formula is C17H18ClN3O3S. The number of amides is 1. The number of sulfonamides is 1. The molecule has 1 saturated heterocycles. The Hall–Kier alpha value is -1.96. The first-order chi connectivity index (χ1) is 11.9. The Bertz CT molecular complexity index is 915. The summed E-state index contributed by atoms with van der Waals surface area (Å²) in [5.74, 6) is 0.0640. The quantitative estimate of drug-likeness (QED) is 0.866. The van der Waals surface area contributed by atoms with E-state index >= 15 is 0 Å². The van der Waals surface area contributed by atoms with Gasteiger partial charge >= 0.3 is 0 Å². The van der Waals surface area contributed by atoms with Gasteiger partial charge in [0.25, 0.3) is 0 Å². The molecule has 2 aromatic rings. The number of nitrogens with zero attached hydrogens (tertiary/aromatic N) is 2. The van der Waals surface area contributed by atoms with E-state index < -0.39 is 10.0 Å². The predicted octanol–water partition coefficient (Wildman–Crippen LogP) is 2.65. The van der Waals surface area contributed by atoms with E-state index in [-0.39, 0.29) is 17.3 Å². The normalized spacial score (nSPS) is 15.0. The van der Waals surface area contributed by atoms with Crippen molar-refractivity contribution in [3.63, 3.8) is 0 Å². The largest absolute Gasteiger partial charge is 0.311 e. The van der Waals surface area contributed by atoms with Crippen LogP contribution in [-0.2, 0) is 21.4 Å². The fourth-order valence-corrected chi connectivity index (χ4v) is 4.29. The molecule has 0 bridgehead atoms. The second kappa shape index (κ2) is 7.11. The summed E-state index contributed by atoms with van der Waals surface area (Å²) in [5, 5.41) is 0.402. The number of halogens is 1. The number of hydrogen-bond donors (Lipinski definition) is 1. The molecule has 1 aliphatic rings. The van der Waals surface area contributed by atoms with E-state index in [0.29, 0.717) is 34.8 Å². The lowest BCUT2D eigenvalue weighted by molar-refractivity contribution is -0.117. The van der Waals surface area contributed by atoms with Crippen molar-refractivity contribution in [2.24, 2.45) is 0 Å². The summed E-state index contributed by atoms with van der Waals surface area (Å²) in [5.41, 5.74) is 1.88. The molecule has 1 aromatic carbocycles. The average molecular weight is 380 g/mol. The zero-order valence-electron chi connectivity index (χ0n) is 13.7. The number of benzene rings is 1. The Morgan fingerprint density at radius 3 is 2.84 bits per heavy atom. The molecule has 0 unspecified atom stereocenters. The summed E-state index contributed by atoms with van der Waals surface area (Å²) in [7, 11) is -3.70. The highest BCUT2D eigenvalue weighted by Crippen LogP contribution is 2.24. The molecule has 1 N–H and O–H groups in total. The van der Waals surface area contributed by atoms with Crippen LogP contribution in [0, 0.1) is 6.92 Å². The highest BCUT2D eigenvalue weighted by Gasteiger charge is 2.22. The second-order valence-electron chi connectivity index (χ2n) is 5.89. The Kier molecular flexibility index (Phi) is 5.08. The van der Waals surface area contributed by atoms with Gasteiger partial charge in [-0.15, -0.1) is 0 Å². The van der Waals surface area contributed by atoms with Crippen LogP contribution in [0.1, 0.15) is 24.0 Å². The second-order valence-corrected chi connectivity index (χ2v) is 8.03. The van der Waals surface area contributed by atoms with E-state index in [1.54, 1.807) is 42.4 Å². The van der Waals surface area contributed by atoms with E-state index in [4.69, 9.17) is 11.6 Å². The summed E-state index contributed by atoms with van der Waals surface area (Å²) in [6, 6.07) is 6.55. The first-order valence-electron chi connectivity index (χ1n) is 7.87. The van der Waals surface area contributed by atoms with Crippen LogP contribution in [0.2, 0.25) is 5.02 Å². The topological polar surface area (TPSA) is 79.4 Å². The fourth-order valence-electron chi connectivity index (χ4n) is 2.77. The van der Waals surface area contributed by atoms with Crippen molar-refractivity contribution in [2.75, 3.05) is 11.4 Å². The van der Waals surface area contributed by atoms with E-state index in [0.717, 1.165) is 6.42 Å². The van der Waals surface area contributed by atoms with Crippen LogP contribution in [0.15, 0.2) is 41.6 Å². The molecule has 3 rings (SSSR count). The first-order valence-corrected chi connectivity index (χ1v) is 9.74. The average Bonchev–Trinajstić information content (AvgIpc) is 3.02. The molecular weight excluding hydrogens is 362 g/mol. The van der Waals surface area contributed by atoms with Gasteiger partial charge in [-0.1, -0.05) is 17.7 Å². The minimum absolute atomic E-state index is 0.0640. The minimum atomic E-state index is -3.70. The van der Waals surface area contributed by atoms with Crippen molar-refractivity contribution in [3.8, 4) is 0 Å². The van der Waals surface area contributed by atoms with Crippen molar-refractivity contribution in [1.29, 1.82) is 0 Å². The van der Waals surface area contributed by atoms with Crippen molar-refractivity contribution in [2.45, 2.75) is 31.2 Å². The van der Waals surface area contributed by atoms with Crippen molar-refractivity contribution >= 4 is 33.2 Å². The summed E-state index contributed by atoms with van der Waals surface area (Å²) in [6.07, 6.45) is 4.55. The molecule has 6 nitrogen and oxygen atoms in total. The molecule has 0 radical (unpaired) electrons. The number of aromatic nitrogens is 1. The van der Waals surface area contributed by atoms with Crippen molar-refractivity contribution in [3.05, 3.63) is 52.8 Å². The maximum Gasteiger partial charge on any atom is 0.241 e. The molecule has 0 aliphatic carbocycles. The van der Waals surface area contributed by atoms with Crippen molar-refractivity contribution < 1.29 is 13.2 Å². The molecule has 1 fully saturated rings. The SMILES string of the molecule is Cc1c(Cl)cccc1S(=O)(=O)NCc1cncc(N2CCCC2=O)c1. The maximum atomic E-state index is 12.5. The Balaban J connectivity index is 1.77. The Morgan fingerprint density at radius 2 is 2.12 bits per heavy atom. The van der Waals surface area contributed by atoms with Crippen LogP contribution in [-0.4, -0.2) is 25.9 Å². The summed E-state index contributed by atoms with van der Waals surface area (Å²) < 4.78 is 27.6. The smallest absolute Gasteiger partial charge is 0.241 e. The number of hydrogen-bond acceptors (Lipinski definition) is 4. The van der Waals surface area contributed by atoms with Crippen LogP contribution in [0.5, 0.6) is 0 Å². The molecule has 8 heteroatoms. The third-order valence-electron chi connectivity index (χ3n) is 4.14. The number of carbonyl (C=O) groups excluding carboxylic acids is 1. The third-order valence-corrected chi connectivity index (χ3v) is 6.09. The molecule has 1 amide bonds.